The van der Waals surface area contributed by atoms with Crippen LogP contribution in [-0.2, 0) is 9.59 Å². The summed E-state index contributed by atoms with van der Waals surface area (Å²) in [4.78, 5) is 34.2. The van der Waals surface area contributed by atoms with Gasteiger partial charge in [0.25, 0.3) is 5.91 Å². The molecule has 0 aliphatic heterocycles. The van der Waals surface area contributed by atoms with Crippen molar-refractivity contribution in [3.05, 3.63) is 29.8 Å². The lowest BCUT2D eigenvalue weighted by atomic mass is 10.0. The Morgan fingerprint density at radius 2 is 1.22 bits per heavy atom. The van der Waals surface area contributed by atoms with Gasteiger partial charge in [0, 0.05) is 12.0 Å². The van der Waals surface area contributed by atoms with Crippen LogP contribution in [0.1, 0.15) is 127 Å². The molecular formula is C30H49NO6. The van der Waals surface area contributed by atoms with E-state index in [-0.39, 0.29) is 12.8 Å². The van der Waals surface area contributed by atoms with Gasteiger partial charge in [0.1, 0.15) is 11.8 Å². The Balaban J connectivity index is 2.05. The molecule has 0 saturated heterocycles. The number of benzene rings is 1. The first-order valence-corrected chi connectivity index (χ1v) is 14.3. The molecule has 0 aliphatic carbocycles. The van der Waals surface area contributed by atoms with Crippen LogP contribution >= 0.6 is 0 Å². The maximum Gasteiger partial charge on any atom is 0.326 e. The lowest BCUT2D eigenvalue weighted by Crippen LogP contribution is -2.41. The molecule has 0 heterocycles. The summed E-state index contributed by atoms with van der Waals surface area (Å²) in [7, 11) is 0. The van der Waals surface area contributed by atoms with Crippen molar-refractivity contribution in [3.8, 4) is 5.75 Å². The zero-order valence-corrected chi connectivity index (χ0v) is 23.0. The zero-order valence-electron chi connectivity index (χ0n) is 23.0. The highest BCUT2D eigenvalue weighted by Crippen LogP contribution is 2.16. The van der Waals surface area contributed by atoms with Gasteiger partial charge in [-0.25, -0.2) is 4.79 Å². The number of carboxylic acid groups (broad SMARTS) is 2. The average molecular weight is 520 g/mol. The zero-order chi connectivity index (χ0) is 27.3. The number of carbonyl (C=O) groups excluding carboxylic acids is 1. The van der Waals surface area contributed by atoms with Gasteiger partial charge in [-0.05, 0) is 43.0 Å². The predicted molar refractivity (Wildman–Crippen MR) is 147 cm³/mol. The molecule has 1 rings (SSSR count). The Morgan fingerprint density at radius 1 is 0.730 bits per heavy atom. The minimum absolute atomic E-state index is 0.170. The van der Waals surface area contributed by atoms with Crippen LogP contribution < -0.4 is 10.1 Å². The molecule has 7 heteroatoms. The van der Waals surface area contributed by atoms with E-state index in [0.29, 0.717) is 17.9 Å². The van der Waals surface area contributed by atoms with Crippen molar-refractivity contribution in [2.24, 2.45) is 5.92 Å². The second kappa shape index (κ2) is 20.5. The van der Waals surface area contributed by atoms with E-state index in [1.54, 1.807) is 24.3 Å². The van der Waals surface area contributed by atoms with Crippen molar-refractivity contribution in [2.75, 3.05) is 6.61 Å². The average Bonchev–Trinajstić information content (AvgIpc) is 2.86. The van der Waals surface area contributed by atoms with Crippen LogP contribution in [0.3, 0.4) is 0 Å². The van der Waals surface area contributed by atoms with E-state index in [0.717, 1.165) is 18.8 Å². The normalized spacial score (nSPS) is 11.9. The van der Waals surface area contributed by atoms with Gasteiger partial charge >= 0.3 is 11.9 Å². The minimum atomic E-state index is -1.26. The van der Waals surface area contributed by atoms with Crippen LogP contribution in [-0.4, -0.2) is 40.7 Å². The fourth-order valence-corrected chi connectivity index (χ4v) is 4.26. The van der Waals surface area contributed by atoms with Gasteiger partial charge < -0.3 is 20.3 Å². The topological polar surface area (TPSA) is 113 Å². The molecule has 210 valence electrons. The number of carboxylic acids is 2. The molecule has 0 aliphatic rings. The van der Waals surface area contributed by atoms with Gasteiger partial charge in [-0.2, -0.15) is 0 Å². The van der Waals surface area contributed by atoms with E-state index in [1.807, 2.05) is 0 Å². The molecule has 1 amide bonds. The summed E-state index contributed by atoms with van der Waals surface area (Å²) in [6.45, 7) is 5.23. The summed E-state index contributed by atoms with van der Waals surface area (Å²) in [5.74, 6) is -1.41. The number of ether oxygens (including phenoxy) is 1. The molecule has 0 bridgehead atoms. The van der Waals surface area contributed by atoms with Crippen LogP contribution in [0.15, 0.2) is 24.3 Å². The number of amides is 1. The second-order valence-corrected chi connectivity index (χ2v) is 10.4. The van der Waals surface area contributed by atoms with Crippen LogP contribution in [0.5, 0.6) is 5.75 Å². The molecule has 3 N–H and O–H groups in total. The van der Waals surface area contributed by atoms with Gasteiger partial charge in [0.15, 0.2) is 0 Å². The number of hydrogen-bond acceptors (Lipinski definition) is 4. The molecule has 0 radical (unpaired) electrons. The summed E-state index contributed by atoms with van der Waals surface area (Å²) in [6.07, 6.45) is 17.9. The van der Waals surface area contributed by atoms with Gasteiger partial charge in [-0.3, -0.25) is 9.59 Å². The molecule has 7 nitrogen and oxygen atoms in total. The summed E-state index contributed by atoms with van der Waals surface area (Å²) in [5.41, 5.74) is 0.301. The highest BCUT2D eigenvalue weighted by atomic mass is 16.5. The van der Waals surface area contributed by atoms with Crippen molar-refractivity contribution in [1.82, 2.24) is 5.32 Å². The minimum Gasteiger partial charge on any atom is -0.494 e. The fraction of sp³-hybridized carbons (Fsp3) is 0.700. The summed E-state index contributed by atoms with van der Waals surface area (Å²) >= 11 is 0. The Bertz CT molecular complexity index is 762. The molecule has 1 aromatic rings. The highest BCUT2D eigenvalue weighted by Gasteiger charge is 2.21. The number of carbonyl (C=O) groups is 3. The van der Waals surface area contributed by atoms with Crippen LogP contribution in [0.2, 0.25) is 0 Å². The van der Waals surface area contributed by atoms with Crippen molar-refractivity contribution in [2.45, 2.75) is 123 Å². The predicted octanol–water partition coefficient (Wildman–Crippen LogP) is 7.23. The maximum absolute atomic E-state index is 12.3. The third kappa shape index (κ3) is 17.5. The quantitative estimate of drug-likeness (QED) is 0.131. The largest absolute Gasteiger partial charge is 0.494 e. The van der Waals surface area contributed by atoms with Gasteiger partial charge in [0.05, 0.1) is 6.61 Å². The van der Waals surface area contributed by atoms with Gasteiger partial charge in [-0.15, -0.1) is 0 Å². The van der Waals surface area contributed by atoms with E-state index in [9.17, 15) is 19.5 Å². The maximum atomic E-state index is 12.3. The van der Waals surface area contributed by atoms with Crippen molar-refractivity contribution in [3.63, 3.8) is 0 Å². The first-order chi connectivity index (χ1) is 17.8. The summed E-state index contributed by atoms with van der Waals surface area (Å²) < 4.78 is 5.75. The first-order valence-electron chi connectivity index (χ1n) is 14.3. The lowest BCUT2D eigenvalue weighted by molar-refractivity contribution is -0.140. The van der Waals surface area contributed by atoms with Crippen LogP contribution in [0.25, 0.3) is 0 Å². The van der Waals surface area contributed by atoms with Crippen LogP contribution in [0.4, 0.5) is 0 Å². The van der Waals surface area contributed by atoms with Crippen LogP contribution in [0, 0.1) is 5.92 Å². The number of rotatable bonds is 23. The van der Waals surface area contributed by atoms with E-state index in [2.05, 4.69) is 19.2 Å². The van der Waals surface area contributed by atoms with E-state index < -0.39 is 23.9 Å². The number of aliphatic carboxylic acids is 2. The van der Waals surface area contributed by atoms with E-state index in [4.69, 9.17) is 9.84 Å². The molecule has 1 unspecified atom stereocenters. The molecule has 37 heavy (non-hydrogen) atoms. The monoisotopic (exact) mass is 519 g/mol. The van der Waals surface area contributed by atoms with Crippen molar-refractivity contribution < 1.29 is 29.3 Å². The molecule has 0 saturated carbocycles. The number of nitrogens with one attached hydrogen (secondary N) is 1. The van der Waals surface area contributed by atoms with E-state index in [1.165, 1.54) is 77.0 Å². The number of hydrogen-bond donors (Lipinski definition) is 3. The SMILES string of the molecule is CC(C)CCCCCCCCCCCCCCCOc1ccc(C(=O)NC(CCC(=O)O)C(=O)O)cc1. The Kier molecular flexibility index (Phi) is 18.0. The molecule has 0 fully saturated rings. The smallest absolute Gasteiger partial charge is 0.326 e. The Morgan fingerprint density at radius 3 is 1.68 bits per heavy atom. The lowest BCUT2D eigenvalue weighted by Gasteiger charge is -2.14. The van der Waals surface area contributed by atoms with Crippen molar-refractivity contribution >= 4 is 17.8 Å². The molecule has 1 aromatic carbocycles. The Hall–Kier alpha value is -2.57. The number of unbranched alkanes of at least 4 members (excludes halogenated alkanes) is 12. The second-order valence-electron chi connectivity index (χ2n) is 10.4. The molecular weight excluding hydrogens is 470 g/mol. The standard InChI is InChI=1S/C30H49NO6/c1-24(2)16-14-12-10-8-6-4-3-5-7-9-11-13-15-23-37-26-19-17-25(18-20-26)29(34)31-27(30(35)36)21-22-28(32)33/h17-20,24,27H,3-16,21-23H2,1-2H3,(H,31,34)(H,32,33)(H,35,36). The summed E-state index contributed by atoms with van der Waals surface area (Å²) in [5, 5.41) is 20.3. The van der Waals surface area contributed by atoms with Gasteiger partial charge in [-0.1, -0.05) is 97.3 Å². The Labute approximate surface area is 223 Å². The first kappa shape index (κ1) is 32.5. The third-order valence-electron chi connectivity index (χ3n) is 6.56. The molecule has 0 aromatic heterocycles. The summed E-state index contributed by atoms with van der Waals surface area (Å²) in [6, 6.07) is 5.29. The fourth-order valence-electron chi connectivity index (χ4n) is 4.26. The van der Waals surface area contributed by atoms with Gasteiger partial charge in [0.2, 0.25) is 0 Å². The third-order valence-corrected chi connectivity index (χ3v) is 6.56. The molecule has 0 spiro atoms. The molecule has 1 atom stereocenters. The van der Waals surface area contributed by atoms with Crippen molar-refractivity contribution in [1.29, 1.82) is 0 Å². The van der Waals surface area contributed by atoms with E-state index >= 15 is 0 Å². The highest BCUT2D eigenvalue weighted by molar-refractivity contribution is 5.96.